The highest BCUT2D eigenvalue weighted by Crippen LogP contribution is 2.41. The van der Waals surface area contributed by atoms with E-state index in [1.807, 2.05) is 36.8 Å². The van der Waals surface area contributed by atoms with E-state index < -0.39 is 0 Å². The number of hydrogen-bond acceptors (Lipinski definition) is 4. The van der Waals surface area contributed by atoms with E-state index in [1.54, 1.807) is 0 Å². The molecule has 0 bridgehead atoms. The highest BCUT2D eigenvalue weighted by Gasteiger charge is 2.42. The summed E-state index contributed by atoms with van der Waals surface area (Å²) in [6, 6.07) is 12.6. The Morgan fingerprint density at radius 2 is 2.09 bits per heavy atom. The summed E-state index contributed by atoms with van der Waals surface area (Å²) in [6.07, 6.45) is 8.03. The Balaban J connectivity index is 1.53. The molecule has 2 saturated heterocycles. The van der Waals surface area contributed by atoms with E-state index in [2.05, 4.69) is 56.8 Å². The Kier molecular flexibility index (Phi) is 5.93. The van der Waals surface area contributed by atoms with Gasteiger partial charge in [0.05, 0.1) is 23.9 Å². The Bertz CT molecular complexity index is 1080. The largest absolute Gasteiger partial charge is 0.376 e. The standard InChI is InChI=1S/C25H29N5OS/c1-17-13-21(18(2)29(17)15-19-7-5-10-26-14-19)24-23(22-9-3-4-11-27-22)28-25(32)30(24)16-20-8-6-12-31-20/h3-5,7,9-11,13-14,20,23-24H,6,8,12,15-16H2,1-2H3,(H,28,32)/t20-,23+,24-/m1/s1. The molecule has 166 valence electrons. The average molecular weight is 448 g/mol. The lowest BCUT2D eigenvalue weighted by Gasteiger charge is -2.30. The molecule has 2 fully saturated rings. The quantitative estimate of drug-likeness (QED) is 0.575. The van der Waals surface area contributed by atoms with Gasteiger partial charge < -0.3 is 19.5 Å². The first-order chi connectivity index (χ1) is 15.6. The normalized spacial score (nSPS) is 23.0. The fourth-order valence-electron chi connectivity index (χ4n) is 4.99. The van der Waals surface area contributed by atoms with Crippen LogP contribution in [0.15, 0.2) is 55.0 Å². The third-order valence-corrected chi connectivity index (χ3v) is 6.97. The van der Waals surface area contributed by atoms with Crippen LogP contribution in [0.3, 0.4) is 0 Å². The zero-order valence-corrected chi connectivity index (χ0v) is 19.4. The van der Waals surface area contributed by atoms with Crippen LogP contribution in [-0.2, 0) is 11.3 Å². The van der Waals surface area contributed by atoms with Crippen molar-refractivity contribution >= 4 is 17.3 Å². The number of hydrogen-bond donors (Lipinski definition) is 1. The Labute approximate surface area is 194 Å². The van der Waals surface area contributed by atoms with Gasteiger partial charge in [0.25, 0.3) is 0 Å². The molecule has 0 radical (unpaired) electrons. The Morgan fingerprint density at radius 3 is 2.81 bits per heavy atom. The van der Waals surface area contributed by atoms with E-state index >= 15 is 0 Å². The van der Waals surface area contributed by atoms with Crippen molar-refractivity contribution in [3.05, 3.63) is 83.2 Å². The molecule has 0 saturated carbocycles. The second kappa shape index (κ2) is 9.00. The first-order valence-corrected chi connectivity index (χ1v) is 11.7. The average Bonchev–Trinajstić information content (AvgIpc) is 3.51. The van der Waals surface area contributed by atoms with Gasteiger partial charge in [0, 0.05) is 49.7 Å². The van der Waals surface area contributed by atoms with Gasteiger partial charge in [-0.15, -0.1) is 0 Å². The molecular formula is C25H29N5OS. The SMILES string of the molecule is Cc1cc([C@@H]2[C@H](c3ccccn3)NC(=S)N2C[C@H]2CCCO2)c(C)n1Cc1cccnc1. The number of aryl methyl sites for hydroxylation is 1. The van der Waals surface area contributed by atoms with Gasteiger partial charge in [-0.25, -0.2) is 0 Å². The number of nitrogens with zero attached hydrogens (tertiary/aromatic N) is 4. The first-order valence-electron chi connectivity index (χ1n) is 11.3. The lowest BCUT2D eigenvalue weighted by Crippen LogP contribution is -2.36. The molecule has 3 aromatic rings. The van der Waals surface area contributed by atoms with Crippen LogP contribution in [-0.4, -0.2) is 43.8 Å². The van der Waals surface area contributed by atoms with Gasteiger partial charge in [-0.3, -0.25) is 9.97 Å². The molecule has 2 aliphatic heterocycles. The second-order valence-corrected chi connectivity index (χ2v) is 9.07. The van der Waals surface area contributed by atoms with Crippen molar-refractivity contribution in [2.75, 3.05) is 13.2 Å². The summed E-state index contributed by atoms with van der Waals surface area (Å²) >= 11 is 5.83. The minimum atomic E-state index is -0.00237. The number of thiocarbonyl (C=S) groups is 1. The fraction of sp³-hybridized carbons (Fsp3) is 0.400. The molecule has 0 unspecified atom stereocenters. The molecule has 2 aliphatic rings. The van der Waals surface area contributed by atoms with Crippen LogP contribution in [0, 0.1) is 13.8 Å². The zero-order chi connectivity index (χ0) is 22.1. The van der Waals surface area contributed by atoms with Gasteiger partial charge in [-0.05, 0) is 74.3 Å². The van der Waals surface area contributed by atoms with E-state index in [0.29, 0.717) is 0 Å². The van der Waals surface area contributed by atoms with Crippen LogP contribution in [0.25, 0.3) is 0 Å². The van der Waals surface area contributed by atoms with Crippen molar-refractivity contribution in [1.29, 1.82) is 0 Å². The minimum Gasteiger partial charge on any atom is -0.376 e. The maximum atomic E-state index is 5.97. The van der Waals surface area contributed by atoms with Gasteiger partial charge >= 0.3 is 0 Å². The van der Waals surface area contributed by atoms with Crippen molar-refractivity contribution in [2.24, 2.45) is 0 Å². The van der Waals surface area contributed by atoms with Crippen LogP contribution in [0.1, 0.15) is 53.1 Å². The molecule has 0 aliphatic carbocycles. The predicted octanol–water partition coefficient (Wildman–Crippen LogP) is 4.09. The molecule has 0 amide bonds. The number of nitrogens with one attached hydrogen (secondary N) is 1. The van der Waals surface area contributed by atoms with Crippen LogP contribution in [0.2, 0.25) is 0 Å². The van der Waals surface area contributed by atoms with Gasteiger partial charge in [0.2, 0.25) is 0 Å². The molecule has 1 N–H and O–H groups in total. The van der Waals surface area contributed by atoms with E-state index in [4.69, 9.17) is 17.0 Å². The highest BCUT2D eigenvalue weighted by atomic mass is 32.1. The van der Waals surface area contributed by atoms with Crippen LogP contribution < -0.4 is 5.32 Å². The molecule has 32 heavy (non-hydrogen) atoms. The Hall–Kier alpha value is -2.77. The predicted molar refractivity (Wildman–Crippen MR) is 128 cm³/mol. The van der Waals surface area contributed by atoms with E-state index in [1.165, 1.54) is 22.5 Å². The summed E-state index contributed by atoms with van der Waals surface area (Å²) in [5.41, 5.74) is 5.97. The summed E-state index contributed by atoms with van der Waals surface area (Å²) in [5.74, 6) is 0. The molecule has 0 aromatic carbocycles. The topological polar surface area (TPSA) is 55.2 Å². The molecule has 6 nitrogen and oxygen atoms in total. The zero-order valence-electron chi connectivity index (χ0n) is 18.6. The number of aromatic nitrogens is 3. The number of rotatable bonds is 6. The van der Waals surface area contributed by atoms with Crippen LogP contribution in [0.5, 0.6) is 0 Å². The Morgan fingerprint density at radius 1 is 1.19 bits per heavy atom. The summed E-state index contributed by atoms with van der Waals surface area (Å²) < 4.78 is 8.34. The highest BCUT2D eigenvalue weighted by molar-refractivity contribution is 7.80. The maximum Gasteiger partial charge on any atom is 0.170 e. The van der Waals surface area contributed by atoms with E-state index in [0.717, 1.165) is 43.3 Å². The molecule has 5 rings (SSSR count). The van der Waals surface area contributed by atoms with Gasteiger partial charge in [-0.1, -0.05) is 12.1 Å². The molecule has 7 heteroatoms. The number of pyridine rings is 2. The van der Waals surface area contributed by atoms with Gasteiger partial charge in [0.15, 0.2) is 5.11 Å². The van der Waals surface area contributed by atoms with E-state index in [-0.39, 0.29) is 18.2 Å². The lowest BCUT2D eigenvalue weighted by atomic mass is 9.96. The third kappa shape index (κ3) is 4.02. The van der Waals surface area contributed by atoms with Crippen LogP contribution in [0.4, 0.5) is 0 Å². The van der Waals surface area contributed by atoms with Crippen molar-refractivity contribution in [3.8, 4) is 0 Å². The van der Waals surface area contributed by atoms with Crippen molar-refractivity contribution in [2.45, 2.75) is 51.4 Å². The summed E-state index contributed by atoms with van der Waals surface area (Å²) in [5, 5.41) is 4.34. The van der Waals surface area contributed by atoms with Crippen molar-refractivity contribution < 1.29 is 4.74 Å². The third-order valence-electron chi connectivity index (χ3n) is 6.62. The smallest absolute Gasteiger partial charge is 0.170 e. The summed E-state index contributed by atoms with van der Waals surface area (Å²) in [4.78, 5) is 11.3. The van der Waals surface area contributed by atoms with E-state index in [9.17, 15) is 0 Å². The molecule has 5 heterocycles. The van der Waals surface area contributed by atoms with Crippen LogP contribution >= 0.6 is 12.2 Å². The fourth-order valence-corrected chi connectivity index (χ4v) is 5.31. The second-order valence-electron chi connectivity index (χ2n) is 8.69. The summed E-state index contributed by atoms with van der Waals surface area (Å²) in [7, 11) is 0. The molecule has 3 aromatic heterocycles. The first kappa shape index (κ1) is 21.1. The molecular weight excluding hydrogens is 418 g/mol. The van der Waals surface area contributed by atoms with Crippen molar-refractivity contribution in [3.63, 3.8) is 0 Å². The minimum absolute atomic E-state index is 0.00237. The lowest BCUT2D eigenvalue weighted by molar-refractivity contribution is 0.0842. The summed E-state index contributed by atoms with van der Waals surface area (Å²) in [6.45, 7) is 6.82. The monoisotopic (exact) mass is 447 g/mol. The maximum absolute atomic E-state index is 5.97. The van der Waals surface area contributed by atoms with Gasteiger partial charge in [0.1, 0.15) is 0 Å². The van der Waals surface area contributed by atoms with Gasteiger partial charge in [-0.2, -0.15) is 0 Å². The molecule has 3 atom stereocenters. The van der Waals surface area contributed by atoms with Crippen molar-refractivity contribution in [1.82, 2.24) is 24.8 Å². The molecule has 0 spiro atoms. The number of ether oxygens (including phenoxy) is 1.